The van der Waals surface area contributed by atoms with Crippen LogP contribution in [0.15, 0.2) is 35.8 Å². The predicted octanol–water partition coefficient (Wildman–Crippen LogP) is 3.63. The number of anilines is 2. The van der Waals surface area contributed by atoms with E-state index in [1.54, 1.807) is 18.3 Å². The summed E-state index contributed by atoms with van der Waals surface area (Å²) in [6, 6.07) is 6.97. The number of thiazole rings is 1. The lowest BCUT2D eigenvalue weighted by Crippen LogP contribution is -2.34. The molecule has 1 heterocycles. The van der Waals surface area contributed by atoms with Gasteiger partial charge in [0.2, 0.25) is 5.91 Å². The monoisotopic (exact) mass is 295 g/mol. The normalized spacial score (nSPS) is 11.9. The van der Waals surface area contributed by atoms with Crippen LogP contribution in [0.25, 0.3) is 0 Å². The van der Waals surface area contributed by atoms with E-state index in [-0.39, 0.29) is 11.9 Å². The summed E-state index contributed by atoms with van der Waals surface area (Å²) in [5.74, 6) is -0.0904. The van der Waals surface area contributed by atoms with E-state index in [9.17, 15) is 4.79 Å². The van der Waals surface area contributed by atoms with E-state index < -0.39 is 0 Å². The zero-order valence-corrected chi connectivity index (χ0v) is 12.0. The first-order chi connectivity index (χ1) is 9.19. The van der Waals surface area contributed by atoms with Gasteiger partial charge in [0.05, 0.1) is 0 Å². The first-order valence-electron chi connectivity index (χ1n) is 5.91. The molecule has 0 saturated carbocycles. The molecular formula is C13H14ClN3OS. The van der Waals surface area contributed by atoms with E-state index in [0.717, 1.165) is 5.69 Å². The Hall–Kier alpha value is -1.59. The Balaban J connectivity index is 1.99. The van der Waals surface area contributed by atoms with Gasteiger partial charge in [0.25, 0.3) is 0 Å². The highest BCUT2D eigenvalue weighted by molar-refractivity contribution is 7.13. The third kappa shape index (κ3) is 3.94. The van der Waals surface area contributed by atoms with Crippen LogP contribution in [-0.2, 0) is 4.79 Å². The lowest BCUT2D eigenvalue weighted by Gasteiger charge is -2.17. The summed E-state index contributed by atoms with van der Waals surface area (Å²) in [5.41, 5.74) is 0.866. The van der Waals surface area contributed by atoms with Crippen molar-refractivity contribution in [1.82, 2.24) is 4.98 Å². The number of carbonyl (C=O) groups excluding carboxylic acids is 1. The Morgan fingerprint density at radius 1 is 1.42 bits per heavy atom. The fourth-order valence-corrected chi connectivity index (χ4v) is 2.24. The summed E-state index contributed by atoms with van der Waals surface area (Å²) in [4.78, 5) is 16.1. The second-order valence-corrected chi connectivity index (χ2v) is 5.27. The highest BCUT2D eigenvalue weighted by Gasteiger charge is 2.16. The molecular weight excluding hydrogens is 282 g/mol. The Morgan fingerprint density at radius 3 is 2.74 bits per heavy atom. The smallest absolute Gasteiger partial charge is 0.248 e. The molecule has 2 aromatic rings. The number of hydrogen-bond donors (Lipinski definition) is 2. The van der Waals surface area contributed by atoms with Crippen LogP contribution in [0.4, 0.5) is 10.8 Å². The molecule has 0 unspecified atom stereocenters. The van der Waals surface area contributed by atoms with E-state index >= 15 is 0 Å². The minimum atomic E-state index is -0.301. The Morgan fingerprint density at radius 2 is 2.16 bits per heavy atom. The molecule has 100 valence electrons. The Kier molecular flexibility index (Phi) is 4.76. The van der Waals surface area contributed by atoms with Gasteiger partial charge in [0.15, 0.2) is 5.13 Å². The molecule has 0 spiro atoms. The third-order valence-electron chi connectivity index (χ3n) is 2.57. The molecule has 0 aliphatic rings. The SMILES string of the molecule is CC[C@H](Nc1ccc(Cl)cc1)C(=O)Nc1nccs1. The summed E-state index contributed by atoms with van der Waals surface area (Å²) in [7, 11) is 0. The molecule has 2 rings (SSSR count). The predicted molar refractivity (Wildman–Crippen MR) is 79.9 cm³/mol. The van der Waals surface area contributed by atoms with Crippen LogP contribution in [0.3, 0.4) is 0 Å². The van der Waals surface area contributed by atoms with Crippen molar-refractivity contribution in [2.24, 2.45) is 0 Å². The van der Waals surface area contributed by atoms with E-state index in [1.165, 1.54) is 11.3 Å². The summed E-state index contributed by atoms with van der Waals surface area (Å²) < 4.78 is 0. The molecule has 0 aliphatic carbocycles. The second kappa shape index (κ2) is 6.54. The summed E-state index contributed by atoms with van der Waals surface area (Å²) in [6.45, 7) is 1.95. The summed E-state index contributed by atoms with van der Waals surface area (Å²) in [6.07, 6.45) is 2.34. The number of carbonyl (C=O) groups is 1. The highest BCUT2D eigenvalue weighted by Crippen LogP contribution is 2.16. The van der Waals surface area contributed by atoms with Crippen LogP contribution in [0, 0.1) is 0 Å². The van der Waals surface area contributed by atoms with Crippen LogP contribution in [0.5, 0.6) is 0 Å². The van der Waals surface area contributed by atoms with E-state index in [4.69, 9.17) is 11.6 Å². The molecule has 1 aromatic heterocycles. The maximum absolute atomic E-state index is 12.1. The van der Waals surface area contributed by atoms with Gasteiger partial charge >= 0.3 is 0 Å². The molecule has 4 nitrogen and oxygen atoms in total. The number of hydrogen-bond acceptors (Lipinski definition) is 4. The summed E-state index contributed by atoms with van der Waals surface area (Å²) >= 11 is 7.22. The van der Waals surface area contributed by atoms with Crippen LogP contribution < -0.4 is 10.6 Å². The quantitative estimate of drug-likeness (QED) is 0.886. The number of nitrogens with zero attached hydrogens (tertiary/aromatic N) is 1. The second-order valence-electron chi connectivity index (χ2n) is 3.94. The van der Waals surface area contributed by atoms with Crippen LogP contribution in [-0.4, -0.2) is 16.9 Å². The molecule has 0 aliphatic heterocycles. The molecule has 6 heteroatoms. The molecule has 1 atom stereocenters. The standard InChI is InChI=1S/C13H14ClN3OS/c1-2-11(12(18)17-13-15-7-8-19-13)16-10-5-3-9(14)4-6-10/h3-8,11,16H,2H2,1H3,(H,15,17,18)/t11-/m0/s1. The molecule has 1 amide bonds. The van der Waals surface area contributed by atoms with Crippen molar-refractivity contribution in [3.8, 4) is 0 Å². The number of benzene rings is 1. The van der Waals surface area contributed by atoms with Gasteiger partial charge < -0.3 is 10.6 Å². The zero-order chi connectivity index (χ0) is 13.7. The number of aromatic nitrogens is 1. The molecule has 0 bridgehead atoms. The largest absolute Gasteiger partial charge is 0.374 e. The van der Waals surface area contributed by atoms with Crippen molar-refractivity contribution in [2.75, 3.05) is 10.6 Å². The number of halogens is 1. The lowest BCUT2D eigenvalue weighted by molar-refractivity contribution is -0.116. The fraction of sp³-hybridized carbons (Fsp3) is 0.231. The highest BCUT2D eigenvalue weighted by atomic mass is 35.5. The molecule has 0 saturated heterocycles. The van der Waals surface area contributed by atoms with Gasteiger partial charge in [-0.2, -0.15) is 0 Å². The first kappa shape index (κ1) is 13.8. The maximum Gasteiger partial charge on any atom is 0.248 e. The van der Waals surface area contributed by atoms with E-state index in [0.29, 0.717) is 16.6 Å². The van der Waals surface area contributed by atoms with Crippen molar-refractivity contribution in [3.63, 3.8) is 0 Å². The van der Waals surface area contributed by atoms with Gasteiger partial charge in [-0.05, 0) is 30.7 Å². The van der Waals surface area contributed by atoms with Crippen LogP contribution >= 0.6 is 22.9 Å². The Bertz CT molecular complexity index is 527. The van der Waals surface area contributed by atoms with Crippen molar-refractivity contribution < 1.29 is 4.79 Å². The summed E-state index contributed by atoms with van der Waals surface area (Å²) in [5, 5.41) is 9.07. The van der Waals surface area contributed by atoms with Crippen molar-refractivity contribution in [3.05, 3.63) is 40.9 Å². The van der Waals surface area contributed by atoms with Gasteiger partial charge in [-0.3, -0.25) is 4.79 Å². The van der Waals surface area contributed by atoms with Gasteiger partial charge in [0, 0.05) is 22.3 Å². The van der Waals surface area contributed by atoms with Crippen molar-refractivity contribution in [1.29, 1.82) is 0 Å². The van der Waals surface area contributed by atoms with E-state index in [2.05, 4.69) is 15.6 Å². The van der Waals surface area contributed by atoms with Gasteiger partial charge in [0.1, 0.15) is 6.04 Å². The first-order valence-corrected chi connectivity index (χ1v) is 7.17. The lowest BCUT2D eigenvalue weighted by atomic mass is 10.2. The number of amides is 1. The van der Waals surface area contributed by atoms with Crippen molar-refractivity contribution in [2.45, 2.75) is 19.4 Å². The van der Waals surface area contributed by atoms with Crippen molar-refractivity contribution >= 4 is 39.7 Å². The molecule has 19 heavy (non-hydrogen) atoms. The average molecular weight is 296 g/mol. The van der Waals surface area contributed by atoms with E-state index in [1.807, 2.05) is 24.4 Å². The number of nitrogens with one attached hydrogen (secondary N) is 2. The third-order valence-corrected chi connectivity index (χ3v) is 3.51. The molecule has 1 aromatic carbocycles. The topological polar surface area (TPSA) is 54.0 Å². The van der Waals surface area contributed by atoms with Crippen LogP contribution in [0.2, 0.25) is 5.02 Å². The average Bonchev–Trinajstić information content (AvgIpc) is 2.90. The number of rotatable bonds is 5. The minimum absolute atomic E-state index is 0.0904. The molecule has 0 fully saturated rings. The fourth-order valence-electron chi connectivity index (χ4n) is 1.58. The van der Waals surface area contributed by atoms with Gasteiger partial charge in [-0.15, -0.1) is 11.3 Å². The molecule has 2 N–H and O–H groups in total. The van der Waals surface area contributed by atoms with Gasteiger partial charge in [-0.1, -0.05) is 18.5 Å². The zero-order valence-electron chi connectivity index (χ0n) is 10.4. The molecule has 0 radical (unpaired) electrons. The Labute approximate surface area is 120 Å². The minimum Gasteiger partial charge on any atom is -0.374 e. The maximum atomic E-state index is 12.1. The van der Waals surface area contributed by atoms with Crippen LogP contribution in [0.1, 0.15) is 13.3 Å². The van der Waals surface area contributed by atoms with Gasteiger partial charge in [-0.25, -0.2) is 4.98 Å².